The van der Waals surface area contributed by atoms with Gasteiger partial charge < -0.3 is 19.6 Å². The maximum Gasteiger partial charge on any atom is 0.410 e. The fourth-order valence-electron chi connectivity index (χ4n) is 3.61. The molecule has 0 spiro atoms. The van der Waals surface area contributed by atoms with Gasteiger partial charge in [0, 0.05) is 45.8 Å². The molecular weight excluding hydrogens is 408 g/mol. The fourth-order valence-corrected chi connectivity index (χ4v) is 3.61. The molecule has 1 saturated heterocycles. The maximum atomic E-state index is 13.5. The van der Waals surface area contributed by atoms with E-state index < -0.39 is 17.7 Å². The molecule has 3 rings (SSSR count). The summed E-state index contributed by atoms with van der Waals surface area (Å²) >= 11 is 0. The van der Waals surface area contributed by atoms with Crippen molar-refractivity contribution in [3.63, 3.8) is 0 Å². The van der Waals surface area contributed by atoms with E-state index in [0.717, 1.165) is 11.4 Å². The Hall–Kier alpha value is -3.29. The monoisotopic (exact) mass is 440 g/mol. The lowest BCUT2D eigenvalue weighted by Crippen LogP contribution is -2.56. The van der Waals surface area contributed by atoms with E-state index in [-0.39, 0.29) is 11.7 Å². The predicted octanol–water partition coefficient (Wildman–Crippen LogP) is 2.91. The average molecular weight is 441 g/mol. The third kappa shape index (κ3) is 6.12. The van der Waals surface area contributed by atoms with Crippen LogP contribution in [-0.4, -0.2) is 76.8 Å². The number of aromatic nitrogens is 1. The zero-order valence-corrected chi connectivity index (χ0v) is 19.2. The highest BCUT2D eigenvalue weighted by molar-refractivity contribution is 5.86. The van der Waals surface area contributed by atoms with E-state index >= 15 is 0 Å². The number of rotatable bonds is 5. The molecular formula is C24H32N4O4. The Labute approximate surface area is 189 Å². The number of nitrogens with zero attached hydrogens (tertiary/aromatic N) is 4. The summed E-state index contributed by atoms with van der Waals surface area (Å²) < 4.78 is 5.51. The van der Waals surface area contributed by atoms with Crippen LogP contribution in [0.3, 0.4) is 0 Å². The molecule has 2 amide bonds. The number of piperazine rings is 1. The minimum Gasteiger partial charge on any atom is -0.508 e. The molecule has 1 aliphatic rings. The summed E-state index contributed by atoms with van der Waals surface area (Å²) in [7, 11) is 1.60. The highest BCUT2D eigenvalue weighted by atomic mass is 16.6. The number of ether oxygens (including phenoxy) is 1. The Morgan fingerprint density at radius 2 is 1.75 bits per heavy atom. The summed E-state index contributed by atoms with van der Waals surface area (Å²) in [6.45, 7) is 7.83. The molecule has 1 fully saturated rings. The van der Waals surface area contributed by atoms with E-state index in [1.807, 2.05) is 18.2 Å². The van der Waals surface area contributed by atoms with Crippen LogP contribution < -0.4 is 4.90 Å². The number of pyridine rings is 1. The smallest absolute Gasteiger partial charge is 0.410 e. The van der Waals surface area contributed by atoms with Crippen molar-refractivity contribution in [2.75, 3.05) is 38.1 Å². The predicted molar refractivity (Wildman–Crippen MR) is 123 cm³/mol. The number of carbonyl (C=O) groups excluding carboxylic acids is 2. The summed E-state index contributed by atoms with van der Waals surface area (Å²) in [6.07, 6.45) is 1.55. The Bertz CT molecular complexity index is 904. The van der Waals surface area contributed by atoms with Crippen LogP contribution in [0.4, 0.5) is 10.6 Å². The van der Waals surface area contributed by atoms with Crippen LogP contribution in [0.1, 0.15) is 26.3 Å². The van der Waals surface area contributed by atoms with Gasteiger partial charge in [0.15, 0.2) is 0 Å². The number of carbonyl (C=O) groups is 2. The molecule has 32 heavy (non-hydrogen) atoms. The number of anilines is 1. The van der Waals surface area contributed by atoms with Gasteiger partial charge in [-0.05, 0) is 50.6 Å². The highest BCUT2D eigenvalue weighted by Crippen LogP contribution is 2.19. The molecule has 0 saturated carbocycles. The summed E-state index contributed by atoms with van der Waals surface area (Å²) in [5, 5.41) is 9.58. The van der Waals surface area contributed by atoms with Gasteiger partial charge in [-0.15, -0.1) is 0 Å². The van der Waals surface area contributed by atoms with Gasteiger partial charge in [0.2, 0.25) is 5.91 Å². The number of aromatic hydroxyl groups is 1. The summed E-state index contributed by atoms with van der Waals surface area (Å²) in [5.74, 6) is 0.931. The van der Waals surface area contributed by atoms with Crippen LogP contribution in [0.5, 0.6) is 5.75 Å². The molecule has 172 valence electrons. The lowest BCUT2D eigenvalue weighted by molar-refractivity contribution is -0.136. The van der Waals surface area contributed by atoms with E-state index in [2.05, 4.69) is 9.88 Å². The van der Waals surface area contributed by atoms with E-state index in [4.69, 9.17) is 4.74 Å². The van der Waals surface area contributed by atoms with Crippen molar-refractivity contribution in [2.24, 2.45) is 0 Å². The van der Waals surface area contributed by atoms with Gasteiger partial charge in [-0.3, -0.25) is 9.69 Å². The lowest BCUT2D eigenvalue weighted by atomic mass is 10.0. The number of benzene rings is 1. The maximum absolute atomic E-state index is 13.5. The number of phenolic OH excluding ortho intramolecular Hbond substituents is 1. The summed E-state index contributed by atoms with van der Waals surface area (Å²) in [6, 6.07) is 11.8. The SMILES string of the molecule is CN(C(=O)OC(C)(C)C)[C@@H](Cc1ccc(O)cc1)C(=O)N1CCN(c2ccccn2)CC1. The lowest BCUT2D eigenvalue weighted by Gasteiger charge is -2.39. The third-order valence-electron chi connectivity index (χ3n) is 5.36. The molecule has 1 atom stereocenters. The van der Waals surface area contributed by atoms with E-state index in [0.29, 0.717) is 32.6 Å². The molecule has 0 radical (unpaired) electrons. The number of hydrogen-bond acceptors (Lipinski definition) is 6. The van der Waals surface area contributed by atoms with Gasteiger partial charge in [-0.25, -0.2) is 9.78 Å². The van der Waals surface area contributed by atoms with E-state index in [1.165, 1.54) is 4.90 Å². The van der Waals surface area contributed by atoms with Crippen LogP contribution in [0.25, 0.3) is 0 Å². The second-order valence-corrected chi connectivity index (χ2v) is 8.98. The van der Waals surface area contributed by atoms with Gasteiger partial charge in [-0.2, -0.15) is 0 Å². The molecule has 1 aromatic carbocycles. The van der Waals surface area contributed by atoms with Crippen molar-refractivity contribution in [1.82, 2.24) is 14.8 Å². The number of hydrogen-bond donors (Lipinski definition) is 1. The van der Waals surface area contributed by atoms with Crippen molar-refractivity contribution in [1.29, 1.82) is 0 Å². The molecule has 2 aromatic rings. The molecule has 8 nitrogen and oxygen atoms in total. The molecule has 0 unspecified atom stereocenters. The quantitative estimate of drug-likeness (QED) is 0.769. The first kappa shape index (κ1) is 23.4. The molecule has 1 aliphatic heterocycles. The second kappa shape index (κ2) is 9.89. The van der Waals surface area contributed by atoms with Crippen molar-refractivity contribution in [3.8, 4) is 5.75 Å². The number of phenols is 1. The highest BCUT2D eigenvalue weighted by Gasteiger charge is 2.34. The van der Waals surface area contributed by atoms with Crippen LogP contribution in [0.2, 0.25) is 0 Å². The van der Waals surface area contributed by atoms with Gasteiger partial charge in [-0.1, -0.05) is 18.2 Å². The summed E-state index contributed by atoms with van der Waals surface area (Å²) in [5.41, 5.74) is 0.190. The fraction of sp³-hybridized carbons (Fsp3) is 0.458. The van der Waals surface area contributed by atoms with Crippen LogP contribution in [-0.2, 0) is 16.0 Å². The number of amides is 2. The number of likely N-dealkylation sites (N-methyl/N-ethyl adjacent to an activating group) is 1. The molecule has 8 heteroatoms. The Morgan fingerprint density at radius 1 is 1.09 bits per heavy atom. The van der Waals surface area contributed by atoms with Crippen LogP contribution in [0, 0.1) is 0 Å². The van der Waals surface area contributed by atoms with Crippen LogP contribution in [0.15, 0.2) is 48.7 Å². The average Bonchev–Trinajstić information content (AvgIpc) is 2.77. The minimum atomic E-state index is -0.712. The Balaban J connectivity index is 1.73. The zero-order valence-electron chi connectivity index (χ0n) is 19.2. The largest absolute Gasteiger partial charge is 0.508 e. The topological polar surface area (TPSA) is 86.2 Å². The molecule has 2 heterocycles. The third-order valence-corrected chi connectivity index (χ3v) is 5.36. The van der Waals surface area contributed by atoms with Crippen molar-refractivity contribution in [2.45, 2.75) is 38.8 Å². The normalized spacial score (nSPS) is 15.2. The van der Waals surface area contributed by atoms with Gasteiger partial charge in [0.05, 0.1) is 0 Å². The van der Waals surface area contributed by atoms with Crippen LogP contribution >= 0.6 is 0 Å². The first-order valence-electron chi connectivity index (χ1n) is 10.8. The Kier molecular flexibility index (Phi) is 7.22. The standard InChI is InChI=1S/C24H32N4O4/c1-24(2,3)32-23(31)26(4)20(17-18-8-10-19(29)11-9-18)22(30)28-15-13-27(14-16-28)21-7-5-6-12-25-21/h5-12,20,29H,13-17H2,1-4H3/t20-/m0/s1. The van der Waals surface area contributed by atoms with E-state index in [9.17, 15) is 14.7 Å². The molecule has 0 aliphatic carbocycles. The van der Waals surface area contributed by atoms with Crippen molar-refractivity contribution >= 4 is 17.8 Å². The summed E-state index contributed by atoms with van der Waals surface area (Å²) in [4.78, 5) is 36.0. The minimum absolute atomic E-state index is 0.118. The zero-order chi connectivity index (χ0) is 23.3. The molecule has 0 bridgehead atoms. The van der Waals surface area contributed by atoms with Gasteiger partial charge >= 0.3 is 6.09 Å². The van der Waals surface area contributed by atoms with Gasteiger partial charge in [0.25, 0.3) is 0 Å². The Morgan fingerprint density at radius 3 is 2.31 bits per heavy atom. The van der Waals surface area contributed by atoms with E-state index in [1.54, 1.807) is 63.2 Å². The molecule has 1 N–H and O–H groups in total. The second-order valence-electron chi connectivity index (χ2n) is 8.98. The van der Waals surface area contributed by atoms with Crippen molar-refractivity contribution < 1.29 is 19.4 Å². The molecule has 1 aromatic heterocycles. The van der Waals surface area contributed by atoms with Gasteiger partial charge in [0.1, 0.15) is 23.2 Å². The first-order chi connectivity index (χ1) is 15.1. The first-order valence-corrected chi connectivity index (χ1v) is 10.8. The van der Waals surface area contributed by atoms with Crippen molar-refractivity contribution in [3.05, 3.63) is 54.2 Å².